The molecule has 0 heterocycles. The van der Waals surface area contributed by atoms with Crippen molar-refractivity contribution < 1.29 is 5.11 Å². The first kappa shape index (κ1) is 19.7. The van der Waals surface area contributed by atoms with Gasteiger partial charge in [-0.25, -0.2) is 0 Å². The van der Waals surface area contributed by atoms with E-state index in [1.165, 1.54) is 24.0 Å². The highest BCUT2D eigenvalue weighted by atomic mass is 16.3. The molecule has 2 aromatic rings. The van der Waals surface area contributed by atoms with Gasteiger partial charge in [0, 0.05) is 24.7 Å². The van der Waals surface area contributed by atoms with Crippen LogP contribution in [0.3, 0.4) is 0 Å². The summed E-state index contributed by atoms with van der Waals surface area (Å²) < 4.78 is 0. The van der Waals surface area contributed by atoms with E-state index in [-0.39, 0.29) is 12.1 Å². The molecule has 25 heavy (non-hydrogen) atoms. The molecule has 0 fully saturated rings. The van der Waals surface area contributed by atoms with Crippen molar-refractivity contribution in [1.82, 2.24) is 4.90 Å². The van der Waals surface area contributed by atoms with Crippen molar-refractivity contribution in [3.05, 3.63) is 71.8 Å². The lowest BCUT2D eigenvalue weighted by molar-refractivity contribution is 0.0239. The van der Waals surface area contributed by atoms with Crippen LogP contribution < -0.4 is 0 Å². The third-order valence-electron chi connectivity index (χ3n) is 5.36. The van der Waals surface area contributed by atoms with Gasteiger partial charge in [-0.1, -0.05) is 80.4 Å². The number of unbranched alkanes of at least 4 members (excludes halogenated alkanes) is 1. The fraction of sp³-hybridized carbons (Fsp3) is 0.478. The van der Waals surface area contributed by atoms with Crippen LogP contribution in [-0.4, -0.2) is 22.2 Å². The Labute approximate surface area is 153 Å². The topological polar surface area (TPSA) is 23.5 Å². The van der Waals surface area contributed by atoms with Gasteiger partial charge >= 0.3 is 0 Å². The molecule has 0 aliphatic carbocycles. The molecule has 136 valence electrons. The molecule has 2 rings (SSSR count). The van der Waals surface area contributed by atoms with Crippen LogP contribution in [0.2, 0.25) is 0 Å². The van der Waals surface area contributed by atoms with Gasteiger partial charge in [-0.2, -0.15) is 0 Å². The van der Waals surface area contributed by atoms with Crippen molar-refractivity contribution in [2.75, 3.05) is 6.61 Å². The van der Waals surface area contributed by atoms with Crippen LogP contribution in [0.4, 0.5) is 0 Å². The fourth-order valence-corrected chi connectivity index (χ4v) is 3.70. The molecule has 2 atom stereocenters. The van der Waals surface area contributed by atoms with E-state index >= 15 is 0 Å². The number of nitrogens with zero attached hydrogens (tertiary/aromatic N) is 1. The van der Waals surface area contributed by atoms with E-state index in [9.17, 15) is 5.11 Å². The molecule has 0 radical (unpaired) electrons. The molecule has 0 saturated carbocycles. The molecule has 0 aromatic heterocycles. The minimum atomic E-state index is -0.0180. The van der Waals surface area contributed by atoms with E-state index in [2.05, 4.69) is 86.3 Å². The highest BCUT2D eigenvalue weighted by Crippen LogP contribution is 2.35. The van der Waals surface area contributed by atoms with E-state index in [4.69, 9.17) is 0 Å². The molecule has 0 aliphatic rings. The maximum absolute atomic E-state index is 9.74. The fourth-order valence-electron chi connectivity index (χ4n) is 3.70. The van der Waals surface area contributed by atoms with E-state index < -0.39 is 0 Å². The highest BCUT2D eigenvalue weighted by Gasteiger charge is 2.34. The predicted molar refractivity (Wildman–Crippen MR) is 106 cm³/mol. The number of aliphatic hydroxyl groups excluding tert-OH is 1. The first-order chi connectivity index (χ1) is 12.1. The van der Waals surface area contributed by atoms with Crippen LogP contribution in [0.5, 0.6) is 0 Å². The summed E-state index contributed by atoms with van der Waals surface area (Å²) in [4.78, 5) is 2.59. The number of rotatable bonds is 10. The van der Waals surface area contributed by atoms with E-state index in [1.54, 1.807) is 0 Å². The predicted octanol–water partition coefficient (Wildman–Crippen LogP) is 5.58. The van der Waals surface area contributed by atoms with Crippen molar-refractivity contribution in [2.24, 2.45) is 0 Å². The normalized spacial score (nSPS) is 15.1. The van der Waals surface area contributed by atoms with Crippen LogP contribution in [-0.2, 0) is 6.54 Å². The average molecular weight is 340 g/mol. The van der Waals surface area contributed by atoms with Crippen molar-refractivity contribution in [3.8, 4) is 0 Å². The Kier molecular flexibility index (Phi) is 7.67. The molecule has 0 saturated heterocycles. The summed E-state index contributed by atoms with van der Waals surface area (Å²) in [7, 11) is 0. The Morgan fingerprint density at radius 2 is 1.56 bits per heavy atom. The van der Waals surface area contributed by atoms with Gasteiger partial charge < -0.3 is 5.11 Å². The lowest BCUT2D eigenvalue weighted by Gasteiger charge is -2.45. The minimum absolute atomic E-state index is 0.0180. The van der Waals surface area contributed by atoms with Crippen molar-refractivity contribution >= 4 is 0 Å². The Morgan fingerprint density at radius 1 is 0.960 bits per heavy atom. The summed E-state index contributed by atoms with van der Waals surface area (Å²) >= 11 is 0. The van der Waals surface area contributed by atoms with Crippen LogP contribution in [0.1, 0.15) is 63.6 Å². The van der Waals surface area contributed by atoms with Crippen LogP contribution in [0.15, 0.2) is 60.7 Å². The van der Waals surface area contributed by atoms with Crippen LogP contribution >= 0.6 is 0 Å². The number of hydrogen-bond acceptors (Lipinski definition) is 2. The van der Waals surface area contributed by atoms with Gasteiger partial charge in [0.1, 0.15) is 0 Å². The molecule has 1 N–H and O–H groups in total. The summed E-state index contributed by atoms with van der Waals surface area (Å²) in [6, 6.07) is 21.7. The van der Waals surface area contributed by atoms with E-state index in [1.807, 2.05) is 0 Å². The largest absolute Gasteiger partial charge is 0.396 e. The zero-order valence-electron chi connectivity index (χ0n) is 16.0. The molecule has 0 aliphatic heterocycles. The summed E-state index contributed by atoms with van der Waals surface area (Å²) in [5.41, 5.74) is 2.64. The van der Waals surface area contributed by atoms with E-state index in [0.29, 0.717) is 6.04 Å². The zero-order valence-corrected chi connectivity index (χ0v) is 16.0. The monoisotopic (exact) mass is 339 g/mol. The Bertz CT molecular complexity index is 598. The number of aliphatic hydroxyl groups is 1. The Hall–Kier alpha value is -1.64. The van der Waals surface area contributed by atoms with Crippen molar-refractivity contribution in [2.45, 2.75) is 64.6 Å². The van der Waals surface area contributed by atoms with Gasteiger partial charge in [0.2, 0.25) is 0 Å². The first-order valence-electron chi connectivity index (χ1n) is 9.57. The lowest BCUT2D eigenvalue weighted by Crippen LogP contribution is -2.47. The van der Waals surface area contributed by atoms with Gasteiger partial charge in [-0.3, -0.25) is 4.90 Å². The third kappa shape index (κ3) is 5.42. The zero-order chi connectivity index (χ0) is 18.1. The Morgan fingerprint density at radius 3 is 2.12 bits per heavy atom. The molecular formula is C23H33NO. The summed E-state index contributed by atoms with van der Waals surface area (Å²) in [6.45, 7) is 7.98. The van der Waals surface area contributed by atoms with Crippen LogP contribution in [0.25, 0.3) is 0 Å². The molecule has 2 unspecified atom stereocenters. The van der Waals surface area contributed by atoms with Crippen LogP contribution in [0, 0.1) is 0 Å². The first-order valence-corrected chi connectivity index (χ1v) is 9.57. The molecule has 2 heteroatoms. The maximum atomic E-state index is 9.74. The second kappa shape index (κ2) is 9.74. The molecule has 0 spiro atoms. The van der Waals surface area contributed by atoms with Gasteiger partial charge in [-0.05, 0) is 37.8 Å². The summed E-state index contributed by atoms with van der Waals surface area (Å²) in [6.07, 6.45) is 4.27. The molecule has 0 bridgehead atoms. The van der Waals surface area contributed by atoms with Crippen molar-refractivity contribution in [3.63, 3.8) is 0 Å². The van der Waals surface area contributed by atoms with Crippen molar-refractivity contribution in [1.29, 1.82) is 0 Å². The number of benzene rings is 2. The SMILES string of the molecule is CCCCC(C)(CCO)N(Cc1ccccc1)C(C)c1ccccc1. The molecule has 0 amide bonds. The number of hydrogen-bond donors (Lipinski definition) is 1. The summed E-state index contributed by atoms with van der Waals surface area (Å²) in [5.74, 6) is 0. The Balaban J connectivity index is 2.35. The summed E-state index contributed by atoms with van der Waals surface area (Å²) in [5, 5.41) is 9.74. The lowest BCUT2D eigenvalue weighted by atomic mass is 9.86. The third-order valence-corrected chi connectivity index (χ3v) is 5.36. The smallest absolute Gasteiger partial charge is 0.0448 e. The van der Waals surface area contributed by atoms with Gasteiger partial charge in [0.25, 0.3) is 0 Å². The highest BCUT2D eigenvalue weighted by molar-refractivity contribution is 5.21. The standard InChI is InChI=1S/C23H33NO/c1-4-5-16-23(3,17-18-25)24(19-21-12-8-6-9-13-21)20(2)22-14-10-7-11-15-22/h6-15,20,25H,4-5,16-19H2,1-3H3. The quantitative estimate of drug-likeness (QED) is 0.610. The van der Waals surface area contributed by atoms with Gasteiger partial charge in [0.15, 0.2) is 0 Å². The maximum Gasteiger partial charge on any atom is 0.0448 e. The van der Waals surface area contributed by atoms with Gasteiger partial charge in [-0.15, -0.1) is 0 Å². The second-order valence-electron chi connectivity index (χ2n) is 7.27. The minimum Gasteiger partial charge on any atom is -0.396 e. The van der Waals surface area contributed by atoms with E-state index in [0.717, 1.165) is 19.4 Å². The molecular weight excluding hydrogens is 306 g/mol. The van der Waals surface area contributed by atoms with Gasteiger partial charge in [0.05, 0.1) is 0 Å². The average Bonchev–Trinajstić information content (AvgIpc) is 2.65. The second-order valence-corrected chi connectivity index (χ2v) is 7.27. The molecule has 2 aromatic carbocycles. The molecule has 2 nitrogen and oxygen atoms in total.